The summed E-state index contributed by atoms with van der Waals surface area (Å²) in [5.41, 5.74) is 2.99. The first kappa shape index (κ1) is 44.6. The molecule has 12 heteroatoms. The number of guanidine groups is 1. The fourth-order valence-corrected chi connectivity index (χ4v) is 17.6. The van der Waals surface area contributed by atoms with Gasteiger partial charge in [-0.05, 0) is 99.0 Å². The number of aliphatic hydroxyl groups excluding tert-OH is 2. The number of Topliss-reactive ketones (excluding diaryl/α,β-unsaturated/α-hetero) is 2. The highest BCUT2D eigenvalue weighted by molar-refractivity contribution is 6.02. The summed E-state index contributed by atoms with van der Waals surface area (Å²) in [5.74, 6) is 2.90. The molecule has 1 aromatic carbocycles. The highest BCUT2D eigenvalue weighted by atomic mass is 16.4. The van der Waals surface area contributed by atoms with Gasteiger partial charge in [0.2, 0.25) is 0 Å². The molecule has 11 rings (SSSR count). The van der Waals surface area contributed by atoms with Crippen molar-refractivity contribution in [1.29, 1.82) is 0 Å². The zero-order chi connectivity index (χ0) is 47.5. The molecule has 67 heavy (non-hydrogen) atoms. The highest BCUT2D eigenvalue weighted by Crippen LogP contribution is 2.86. The lowest BCUT2D eigenvalue weighted by Crippen LogP contribution is -2.74. The number of fused-ring (bicyclic) bond motifs is 4. The number of aryl methyl sites for hydroxylation is 1. The number of nitrogens with zero attached hydrogens (tertiary/aromatic N) is 1. The second-order valence-corrected chi connectivity index (χ2v) is 22.6. The average Bonchev–Trinajstić information content (AvgIpc) is 3.33. The van der Waals surface area contributed by atoms with Crippen molar-refractivity contribution in [2.75, 3.05) is 0 Å². The smallest absolute Gasteiger partial charge is 0.331 e. The van der Waals surface area contributed by atoms with E-state index in [2.05, 4.69) is 37.0 Å². The van der Waals surface area contributed by atoms with Gasteiger partial charge in [0.05, 0.1) is 11.7 Å². The number of ketones is 2. The number of benzene rings is 1. The van der Waals surface area contributed by atoms with Crippen molar-refractivity contribution in [3.8, 4) is 11.8 Å². The maximum atomic E-state index is 16.2. The molecule has 0 saturated heterocycles. The molecule has 1 aromatic rings. The summed E-state index contributed by atoms with van der Waals surface area (Å²) in [5, 5.41) is 76.7. The number of nitrogens with two attached hydrogens (primary N) is 2. The van der Waals surface area contributed by atoms with Gasteiger partial charge in [-0.1, -0.05) is 80.1 Å². The van der Waals surface area contributed by atoms with E-state index < -0.39 is 85.3 Å². The van der Waals surface area contributed by atoms with Gasteiger partial charge in [-0.2, -0.15) is 0 Å². The van der Waals surface area contributed by atoms with Crippen LogP contribution in [-0.2, 0) is 20.8 Å². The van der Waals surface area contributed by atoms with Gasteiger partial charge < -0.3 is 42.1 Å². The average molecular weight is 910 g/mol. The Bertz CT molecular complexity index is 2750. The number of carbonyl (C=O) groups is 3. The SMILES string of the molecule is C[C@H](O)C/C(C(=O)O)=C1/CC[C@]2(N=C(N)N)C=C[C@]34C[C@@]5(O)C=C[C@]6(O)C7=C8C(=O)C[C@@]3(CC=CC[C@@H]4[C@]2(O)[C@@H]1O)[C@]75CCC#CC[C@]1(C)C(=O)CC[C@@]8(C)[C@@H]1[C@H]6C1=Cc2ccccc2CC1. The van der Waals surface area contributed by atoms with E-state index in [-0.39, 0.29) is 99.3 Å². The van der Waals surface area contributed by atoms with E-state index in [0.717, 1.165) is 17.6 Å². The lowest BCUT2D eigenvalue weighted by atomic mass is 9.32. The highest BCUT2D eigenvalue weighted by Gasteiger charge is 2.87. The third-order valence-electron chi connectivity index (χ3n) is 19.9. The molecule has 3 fully saturated rings. The third-order valence-corrected chi connectivity index (χ3v) is 19.9. The van der Waals surface area contributed by atoms with Crippen LogP contribution in [0, 0.1) is 56.7 Å². The van der Waals surface area contributed by atoms with Crippen molar-refractivity contribution in [2.24, 2.45) is 61.3 Å². The number of aliphatic hydroxyl groups is 5. The second-order valence-electron chi connectivity index (χ2n) is 22.6. The molecule has 0 radical (unpaired) electrons. The van der Waals surface area contributed by atoms with Gasteiger partial charge >= 0.3 is 5.97 Å². The van der Waals surface area contributed by atoms with Crippen LogP contribution < -0.4 is 11.5 Å². The molecule has 10 aliphatic carbocycles. The zero-order valence-electron chi connectivity index (χ0n) is 38.6. The molecule has 14 atom stereocenters. The summed E-state index contributed by atoms with van der Waals surface area (Å²) in [7, 11) is 0. The largest absolute Gasteiger partial charge is 0.478 e. The first-order chi connectivity index (χ1) is 31.7. The number of carboxylic acid groups (broad SMARTS) is 1. The molecule has 0 aromatic heterocycles. The molecule has 352 valence electrons. The molecular weight excluding hydrogens is 847 g/mol. The van der Waals surface area contributed by atoms with Crippen LogP contribution in [0.2, 0.25) is 0 Å². The maximum absolute atomic E-state index is 16.2. The molecule has 0 aliphatic heterocycles. The van der Waals surface area contributed by atoms with Crippen molar-refractivity contribution in [3.63, 3.8) is 0 Å². The Balaban J connectivity index is 1.23. The first-order valence-corrected chi connectivity index (χ1v) is 24.4. The van der Waals surface area contributed by atoms with Gasteiger partial charge in [-0.15, -0.1) is 11.8 Å². The summed E-state index contributed by atoms with van der Waals surface area (Å²) in [6, 6.07) is 8.23. The summed E-state index contributed by atoms with van der Waals surface area (Å²) in [4.78, 5) is 48.6. The maximum Gasteiger partial charge on any atom is 0.331 e. The van der Waals surface area contributed by atoms with E-state index in [0.29, 0.717) is 24.0 Å². The van der Waals surface area contributed by atoms with Crippen LogP contribution in [-0.4, -0.2) is 88.7 Å². The number of rotatable bonds is 5. The molecular formula is C55H63N3O9. The van der Waals surface area contributed by atoms with Gasteiger partial charge in [-0.3, -0.25) is 9.59 Å². The van der Waals surface area contributed by atoms with Gasteiger partial charge in [0.15, 0.2) is 11.7 Å². The van der Waals surface area contributed by atoms with Crippen molar-refractivity contribution in [2.45, 2.75) is 145 Å². The van der Waals surface area contributed by atoms with E-state index in [9.17, 15) is 40.2 Å². The number of aliphatic imine (C=N–C) groups is 1. The predicted molar refractivity (Wildman–Crippen MR) is 250 cm³/mol. The second kappa shape index (κ2) is 14.1. The fourth-order valence-electron chi connectivity index (χ4n) is 17.6. The van der Waals surface area contributed by atoms with Gasteiger partial charge in [0, 0.05) is 82.2 Å². The Morgan fingerprint density at radius 2 is 1.72 bits per heavy atom. The summed E-state index contributed by atoms with van der Waals surface area (Å²) in [6.07, 6.45) is 13.2. The third kappa shape index (κ3) is 5.17. The van der Waals surface area contributed by atoms with E-state index in [1.54, 1.807) is 18.2 Å². The summed E-state index contributed by atoms with van der Waals surface area (Å²) in [6.45, 7) is 5.58. The van der Waals surface area contributed by atoms with Crippen LogP contribution in [0.4, 0.5) is 0 Å². The number of hydrogen-bond acceptors (Lipinski definition) is 9. The molecule has 0 heterocycles. The van der Waals surface area contributed by atoms with Crippen LogP contribution >= 0.6 is 0 Å². The lowest BCUT2D eigenvalue weighted by Gasteiger charge is -2.71. The van der Waals surface area contributed by atoms with E-state index in [1.165, 1.54) is 12.5 Å². The normalized spacial score (nSPS) is 46.3. The summed E-state index contributed by atoms with van der Waals surface area (Å²) < 4.78 is 0. The zero-order valence-corrected chi connectivity index (χ0v) is 38.6. The number of hydrogen-bond donors (Lipinski definition) is 8. The summed E-state index contributed by atoms with van der Waals surface area (Å²) >= 11 is 0. The van der Waals surface area contributed by atoms with E-state index in [4.69, 9.17) is 16.5 Å². The van der Waals surface area contributed by atoms with Crippen LogP contribution in [0.1, 0.15) is 115 Å². The van der Waals surface area contributed by atoms with Gasteiger partial charge in [0.25, 0.3) is 0 Å². The van der Waals surface area contributed by atoms with Crippen LogP contribution in [0.25, 0.3) is 6.08 Å². The van der Waals surface area contributed by atoms with Crippen molar-refractivity contribution >= 4 is 29.6 Å². The van der Waals surface area contributed by atoms with Gasteiger partial charge in [0.1, 0.15) is 28.6 Å². The number of allylic oxidation sites excluding steroid dienone is 4. The van der Waals surface area contributed by atoms with Crippen LogP contribution in [0.15, 0.2) is 93.6 Å². The predicted octanol–water partition coefficient (Wildman–Crippen LogP) is 5.08. The molecule has 12 nitrogen and oxygen atoms in total. The van der Waals surface area contributed by atoms with Crippen molar-refractivity contribution in [1.82, 2.24) is 0 Å². The Labute approximate surface area is 391 Å². The van der Waals surface area contributed by atoms with Crippen LogP contribution in [0.3, 0.4) is 0 Å². The minimum Gasteiger partial charge on any atom is -0.478 e. The quantitative estimate of drug-likeness (QED) is 0.0638. The standard InChI is InChI=1S/C55H63N3O9/c1-31(59)27-36(45(63)64)35-16-22-51(58-46(56)57)24-23-49-30-52(65)25-26-53(66)40(34-15-14-32-11-5-6-12-33(32)28-34)42-47(2)18-8-4-9-20-54(52)43(53)41(48(42,3)21-17-39(47)61)37(60)29-50(49,54)19-10-7-13-38(49)55(51,67)44(35)62/h5-7,10-12,23-26,28,31,38,40,42,44,59,62,65-67H,9,13-22,27,29-30H2,1-3H3,(H,63,64)(H4,56,57,58)/b36-35+/t31-,38-,40+,42+,44+,47+,48+,49+,50+,51-,52-,53+,54-,55-/m0/s1. The Kier molecular flexibility index (Phi) is 9.39. The van der Waals surface area contributed by atoms with E-state index >= 15 is 4.79 Å². The molecule has 4 bridgehead atoms. The Morgan fingerprint density at radius 1 is 0.940 bits per heavy atom. The van der Waals surface area contributed by atoms with E-state index in [1.807, 2.05) is 37.3 Å². The molecule has 0 amide bonds. The lowest BCUT2D eigenvalue weighted by molar-refractivity contribution is -0.206. The number of aliphatic carboxylic acids is 1. The minimum atomic E-state index is -2.32. The molecule has 10 aliphatic rings. The fraction of sp³-hybridized carbons (Fsp3) is 0.564. The van der Waals surface area contributed by atoms with Crippen LogP contribution in [0.5, 0.6) is 0 Å². The Morgan fingerprint density at radius 3 is 2.46 bits per heavy atom. The van der Waals surface area contributed by atoms with Gasteiger partial charge in [-0.25, -0.2) is 9.79 Å². The first-order valence-electron chi connectivity index (χ1n) is 24.4. The topological polar surface area (TPSA) is 237 Å². The monoisotopic (exact) mass is 909 g/mol. The number of carboxylic acids is 1. The molecule has 3 spiro atoms. The van der Waals surface area contributed by atoms with Crippen molar-refractivity contribution in [3.05, 3.63) is 99.7 Å². The minimum absolute atomic E-state index is 0.000412. The molecule has 0 unspecified atom stereocenters. The molecule has 3 saturated carbocycles. The Hall–Kier alpha value is -4.90. The molecule has 10 N–H and O–H groups in total. The number of carbonyl (C=O) groups excluding carboxylic acids is 2. The van der Waals surface area contributed by atoms with Crippen molar-refractivity contribution < 1.29 is 45.0 Å².